The second-order valence-electron chi connectivity index (χ2n) is 10.8. The number of fused-ring (bicyclic) bond motifs is 1. The second kappa shape index (κ2) is 13.4. The zero-order chi connectivity index (χ0) is 31.4. The molecule has 1 amide bonds. The van der Waals surface area contributed by atoms with Gasteiger partial charge in [0.05, 0.1) is 16.6 Å². The molecule has 0 spiro atoms. The van der Waals surface area contributed by atoms with E-state index in [2.05, 4.69) is 36.2 Å². The number of aryl methyl sites for hydroxylation is 2. The second-order valence-corrected chi connectivity index (χ2v) is 12.1. The molecule has 44 heavy (non-hydrogen) atoms. The molecule has 0 aliphatic rings. The number of nitrogens with two attached hydrogens (primary N) is 1. The van der Waals surface area contributed by atoms with Gasteiger partial charge in [-0.25, -0.2) is 13.6 Å². The van der Waals surface area contributed by atoms with Crippen molar-refractivity contribution in [3.05, 3.63) is 101 Å². The quantitative estimate of drug-likeness (QED) is 0.159. The number of hydrogen-bond acceptors (Lipinski definition) is 4. The molecule has 0 fully saturated rings. The average Bonchev–Trinajstić information content (AvgIpc) is 3.36. The highest BCUT2D eigenvalue weighted by atomic mass is 32.2. The van der Waals surface area contributed by atoms with Crippen molar-refractivity contribution in [2.75, 3.05) is 17.1 Å². The maximum Gasteiger partial charge on any atom is 0.248 e. The summed E-state index contributed by atoms with van der Waals surface area (Å²) in [5.41, 5.74) is 12.5. The minimum absolute atomic E-state index is 0.191. The van der Waals surface area contributed by atoms with Crippen LogP contribution in [0.4, 0.5) is 10.1 Å². The van der Waals surface area contributed by atoms with E-state index in [-0.39, 0.29) is 6.61 Å². The van der Waals surface area contributed by atoms with Gasteiger partial charge in [0.2, 0.25) is 5.91 Å². The minimum Gasteiger partial charge on any atom is -0.489 e. The number of carbonyl (C=O) groups is 1. The van der Waals surface area contributed by atoms with Crippen molar-refractivity contribution < 1.29 is 18.1 Å². The van der Waals surface area contributed by atoms with Gasteiger partial charge in [-0.1, -0.05) is 49.7 Å². The van der Waals surface area contributed by atoms with Gasteiger partial charge in [0.15, 0.2) is 0 Å². The highest BCUT2D eigenvalue weighted by Crippen LogP contribution is 2.33. The number of rotatable bonds is 12. The fourth-order valence-electron chi connectivity index (χ4n) is 5.35. The summed E-state index contributed by atoms with van der Waals surface area (Å²) in [6.07, 6.45) is 3.35. The highest BCUT2D eigenvalue weighted by molar-refractivity contribution is 7.85. The predicted octanol–water partition coefficient (Wildman–Crippen LogP) is 7.42. The molecule has 1 atom stereocenters. The topological polar surface area (TPSA) is 90.4 Å². The van der Waals surface area contributed by atoms with Crippen LogP contribution in [-0.2, 0) is 24.1 Å². The maximum absolute atomic E-state index is 15.7. The SMILES string of the molecule is CCCN(c1ccc(-c2ccc(C)cc2)c(COc2ccc(-c3nc4cc(C(N)=O)ccc4n3CCC)c(F)c2)c1)S(C)=O. The number of anilines is 1. The van der Waals surface area contributed by atoms with E-state index < -0.39 is 22.7 Å². The number of nitrogens with zero attached hydrogens (tertiary/aromatic N) is 3. The van der Waals surface area contributed by atoms with Crippen molar-refractivity contribution in [2.45, 2.75) is 46.8 Å². The fraction of sp³-hybridized carbons (Fsp3) is 0.257. The van der Waals surface area contributed by atoms with Gasteiger partial charge in [-0.15, -0.1) is 0 Å². The first-order valence-corrected chi connectivity index (χ1v) is 16.3. The van der Waals surface area contributed by atoms with Crippen LogP contribution in [0, 0.1) is 12.7 Å². The Morgan fingerprint density at radius 3 is 2.39 bits per heavy atom. The van der Waals surface area contributed by atoms with Crippen LogP contribution in [0.2, 0.25) is 0 Å². The molecule has 1 heterocycles. The number of primary amides is 1. The zero-order valence-electron chi connectivity index (χ0n) is 25.5. The monoisotopic (exact) mass is 612 g/mol. The molecular formula is C35H37FN4O3S. The number of amides is 1. The largest absolute Gasteiger partial charge is 0.489 e. The lowest BCUT2D eigenvalue weighted by molar-refractivity contribution is 0.100. The van der Waals surface area contributed by atoms with Crippen molar-refractivity contribution in [1.82, 2.24) is 9.55 Å². The lowest BCUT2D eigenvalue weighted by Crippen LogP contribution is -2.25. The Balaban J connectivity index is 1.47. The van der Waals surface area contributed by atoms with Gasteiger partial charge < -0.3 is 15.0 Å². The predicted molar refractivity (Wildman–Crippen MR) is 177 cm³/mol. The molecule has 0 radical (unpaired) electrons. The normalized spacial score (nSPS) is 11.9. The van der Waals surface area contributed by atoms with Crippen LogP contribution < -0.4 is 14.8 Å². The molecule has 5 aromatic rings. The third kappa shape index (κ3) is 6.53. The molecule has 228 valence electrons. The molecule has 0 saturated heterocycles. The fourth-order valence-corrected chi connectivity index (χ4v) is 6.20. The molecule has 1 aromatic heterocycles. The van der Waals surface area contributed by atoms with E-state index in [4.69, 9.17) is 10.5 Å². The molecular weight excluding hydrogens is 575 g/mol. The maximum atomic E-state index is 15.7. The van der Waals surface area contributed by atoms with Crippen molar-refractivity contribution in [1.29, 1.82) is 0 Å². The molecule has 5 rings (SSSR count). The standard InChI is InChI=1S/C35H37FN4O3S/c1-5-17-39-33-16-11-25(34(37)41)20-32(33)38-35(39)30-15-13-28(21-31(30)36)43-22-26-19-27(40(18-6-2)44(4)42)12-14-29(26)24-9-7-23(3)8-10-24/h7-16,19-21H,5-6,17-18,22H2,1-4H3,(H2,37,41). The summed E-state index contributed by atoms with van der Waals surface area (Å²) in [6, 6.07) is 24.2. The van der Waals surface area contributed by atoms with E-state index in [1.165, 1.54) is 6.07 Å². The van der Waals surface area contributed by atoms with E-state index in [1.54, 1.807) is 36.6 Å². The van der Waals surface area contributed by atoms with Crippen LogP contribution in [-0.4, -0.2) is 32.5 Å². The molecule has 7 nitrogen and oxygen atoms in total. The van der Waals surface area contributed by atoms with Gasteiger partial charge in [-0.3, -0.25) is 9.10 Å². The zero-order valence-corrected chi connectivity index (χ0v) is 26.3. The van der Waals surface area contributed by atoms with E-state index in [0.29, 0.717) is 41.3 Å². The number of carbonyl (C=O) groups excluding carboxylic acids is 1. The summed E-state index contributed by atoms with van der Waals surface area (Å²) in [4.78, 5) is 16.4. The summed E-state index contributed by atoms with van der Waals surface area (Å²) < 4.78 is 38.2. The number of halogens is 1. The van der Waals surface area contributed by atoms with Gasteiger partial charge in [0.25, 0.3) is 0 Å². The van der Waals surface area contributed by atoms with Gasteiger partial charge in [-0.05, 0) is 78.9 Å². The summed E-state index contributed by atoms with van der Waals surface area (Å²) >= 11 is 0. The van der Waals surface area contributed by atoms with Gasteiger partial charge in [0.1, 0.15) is 35.0 Å². The van der Waals surface area contributed by atoms with Crippen molar-refractivity contribution in [3.63, 3.8) is 0 Å². The average molecular weight is 613 g/mol. The number of imidazole rings is 1. The van der Waals surface area contributed by atoms with Crippen LogP contribution in [0.15, 0.2) is 78.9 Å². The first-order valence-electron chi connectivity index (χ1n) is 14.7. The van der Waals surface area contributed by atoms with Gasteiger partial charge >= 0.3 is 0 Å². The molecule has 9 heteroatoms. The van der Waals surface area contributed by atoms with Crippen LogP contribution in [0.5, 0.6) is 5.75 Å². The first-order chi connectivity index (χ1) is 21.2. The minimum atomic E-state index is -1.18. The number of hydrogen-bond donors (Lipinski definition) is 1. The lowest BCUT2D eigenvalue weighted by Gasteiger charge is -2.23. The smallest absolute Gasteiger partial charge is 0.248 e. The van der Waals surface area contributed by atoms with E-state index in [9.17, 15) is 9.00 Å². The Bertz CT molecular complexity index is 1830. The van der Waals surface area contributed by atoms with E-state index in [0.717, 1.165) is 46.3 Å². The third-order valence-corrected chi connectivity index (χ3v) is 8.55. The van der Waals surface area contributed by atoms with E-state index in [1.807, 2.05) is 40.9 Å². The van der Waals surface area contributed by atoms with Crippen LogP contribution in [0.3, 0.4) is 0 Å². The Morgan fingerprint density at radius 1 is 0.977 bits per heavy atom. The summed E-state index contributed by atoms with van der Waals surface area (Å²) in [7, 11) is -1.18. The molecule has 1 unspecified atom stereocenters. The molecule has 2 N–H and O–H groups in total. The van der Waals surface area contributed by atoms with Crippen molar-refractivity contribution >= 4 is 33.6 Å². The Morgan fingerprint density at radius 2 is 1.73 bits per heavy atom. The molecule has 0 aliphatic heterocycles. The van der Waals surface area contributed by atoms with Crippen LogP contribution in [0.1, 0.15) is 48.2 Å². The summed E-state index contributed by atoms with van der Waals surface area (Å²) in [5, 5.41) is 0. The highest BCUT2D eigenvalue weighted by Gasteiger charge is 2.18. The van der Waals surface area contributed by atoms with Crippen LogP contribution >= 0.6 is 0 Å². The summed E-state index contributed by atoms with van der Waals surface area (Å²) in [6.45, 7) is 7.63. The Hall–Kier alpha value is -4.50. The number of aromatic nitrogens is 2. The Kier molecular flexibility index (Phi) is 9.44. The van der Waals surface area contributed by atoms with Crippen molar-refractivity contribution in [3.8, 4) is 28.3 Å². The lowest BCUT2D eigenvalue weighted by atomic mass is 9.98. The van der Waals surface area contributed by atoms with Crippen LogP contribution in [0.25, 0.3) is 33.5 Å². The first kappa shape index (κ1) is 30.9. The molecule has 0 bridgehead atoms. The summed E-state index contributed by atoms with van der Waals surface area (Å²) in [5.74, 6) is -0.146. The van der Waals surface area contributed by atoms with E-state index >= 15 is 4.39 Å². The van der Waals surface area contributed by atoms with Gasteiger partial charge in [0, 0.05) is 36.7 Å². The number of benzene rings is 4. The number of ether oxygens (including phenoxy) is 1. The molecule has 0 saturated carbocycles. The molecule has 0 aliphatic carbocycles. The molecule has 4 aromatic carbocycles. The van der Waals surface area contributed by atoms with Crippen molar-refractivity contribution in [2.24, 2.45) is 5.73 Å². The third-order valence-electron chi connectivity index (χ3n) is 7.53. The van der Waals surface area contributed by atoms with Gasteiger partial charge in [-0.2, -0.15) is 0 Å². The Labute approximate surface area is 260 Å².